The molecule has 1 N–H and O–H groups in total. The third kappa shape index (κ3) is 5.39. The van der Waals surface area contributed by atoms with E-state index in [9.17, 15) is 0 Å². The molecule has 1 aromatic rings. The Labute approximate surface area is 121 Å². The Kier molecular flexibility index (Phi) is 6.63. The molecule has 0 saturated heterocycles. The standard InChI is InChI=1S/C15H25ClN2O/c1-12(2)10-18(8-7-17(3)4)15-6-5-13(11-19)9-14(15)16/h5-6,9,12,19H,7-8,10-11H2,1-4H3. The fraction of sp³-hybridized carbons (Fsp3) is 0.600. The molecular weight excluding hydrogens is 260 g/mol. The van der Waals surface area contributed by atoms with Crippen LogP contribution in [0.1, 0.15) is 19.4 Å². The van der Waals surface area contributed by atoms with Gasteiger partial charge in [-0.3, -0.25) is 0 Å². The minimum Gasteiger partial charge on any atom is -0.392 e. The van der Waals surface area contributed by atoms with Gasteiger partial charge in [0.25, 0.3) is 0 Å². The quantitative estimate of drug-likeness (QED) is 0.834. The van der Waals surface area contributed by atoms with Gasteiger partial charge in [-0.05, 0) is 37.7 Å². The molecule has 0 aromatic heterocycles. The Hall–Kier alpha value is -0.770. The second kappa shape index (κ2) is 7.73. The summed E-state index contributed by atoms with van der Waals surface area (Å²) in [5.74, 6) is 0.579. The summed E-state index contributed by atoms with van der Waals surface area (Å²) in [5, 5.41) is 9.85. The Morgan fingerprint density at radius 2 is 1.89 bits per heavy atom. The van der Waals surface area contributed by atoms with Gasteiger partial charge in [-0.1, -0.05) is 31.5 Å². The lowest BCUT2D eigenvalue weighted by Gasteiger charge is -2.29. The summed E-state index contributed by atoms with van der Waals surface area (Å²) in [5.41, 5.74) is 1.90. The molecule has 19 heavy (non-hydrogen) atoms. The van der Waals surface area contributed by atoms with Crippen molar-refractivity contribution in [1.82, 2.24) is 4.90 Å². The minimum atomic E-state index is 0.0296. The zero-order valence-corrected chi connectivity index (χ0v) is 13.1. The molecule has 0 fully saturated rings. The highest BCUT2D eigenvalue weighted by atomic mass is 35.5. The maximum absolute atomic E-state index is 9.13. The van der Waals surface area contributed by atoms with Gasteiger partial charge in [-0.2, -0.15) is 0 Å². The molecule has 1 aromatic carbocycles. The molecule has 3 nitrogen and oxygen atoms in total. The topological polar surface area (TPSA) is 26.7 Å². The van der Waals surface area contributed by atoms with Crippen molar-refractivity contribution in [3.63, 3.8) is 0 Å². The summed E-state index contributed by atoms with van der Waals surface area (Å²) in [7, 11) is 4.15. The molecule has 0 aliphatic carbocycles. The van der Waals surface area contributed by atoms with Crippen LogP contribution < -0.4 is 4.90 Å². The fourth-order valence-corrected chi connectivity index (χ4v) is 2.30. The van der Waals surface area contributed by atoms with E-state index in [2.05, 4.69) is 37.7 Å². The monoisotopic (exact) mass is 284 g/mol. The van der Waals surface area contributed by atoms with Crippen LogP contribution in [0.2, 0.25) is 5.02 Å². The lowest BCUT2D eigenvalue weighted by molar-refractivity contribution is 0.282. The molecule has 4 heteroatoms. The highest BCUT2D eigenvalue weighted by Gasteiger charge is 2.12. The molecule has 0 bridgehead atoms. The third-order valence-electron chi connectivity index (χ3n) is 2.94. The van der Waals surface area contributed by atoms with Crippen LogP contribution in [0.5, 0.6) is 0 Å². The van der Waals surface area contributed by atoms with Crippen LogP contribution in [0, 0.1) is 5.92 Å². The van der Waals surface area contributed by atoms with Gasteiger partial charge in [-0.25, -0.2) is 0 Å². The van der Waals surface area contributed by atoms with Gasteiger partial charge in [0.05, 0.1) is 17.3 Å². The lowest BCUT2D eigenvalue weighted by Crippen LogP contribution is -2.34. The van der Waals surface area contributed by atoms with E-state index in [1.54, 1.807) is 0 Å². The zero-order valence-electron chi connectivity index (χ0n) is 12.4. The van der Waals surface area contributed by atoms with Crippen molar-refractivity contribution in [2.75, 3.05) is 38.6 Å². The van der Waals surface area contributed by atoms with Crippen LogP contribution in [0.25, 0.3) is 0 Å². The number of anilines is 1. The SMILES string of the molecule is CC(C)CN(CCN(C)C)c1ccc(CO)cc1Cl. The molecule has 0 aliphatic heterocycles. The molecule has 0 amide bonds. The molecule has 0 radical (unpaired) electrons. The number of halogens is 1. The van der Waals surface area contributed by atoms with Crippen LogP contribution in [-0.2, 0) is 6.61 Å². The first-order chi connectivity index (χ1) is 8.93. The predicted octanol–water partition coefficient (Wildman–Crippen LogP) is 2.86. The van der Waals surface area contributed by atoms with Crippen molar-refractivity contribution in [2.24, 2.45) is 5.92 Å². The van der Waals surface area contributed by atoms with Gasteiger partial charge in [-0.15, -0.1) is 0 Å². The van der Waals surface area contributed by atoms with Gasteiger partial charge in [0, 0.05) is 19.6 Å². The van der Waals surface area contributed by atoms with Crippen LogP contribution >= 0.6 is 11.6 Å². The Balaban J connectivity index is 2.89. The number of aliphatic hydroxyl groups is 1. The molecule has 108 valence electrons. The average Bonchev–Trinajstić information content (AvgIpc) is 2.34. The first-order valence-corrected chi connectivity index (χ1v) is 7.10. The highest BCUT2D eigenvalue weighted by Crippen LogP contribution is 2.27. The summed E-state index contributed by atoms with van der Waals surface area (Å²) in [6.07, 6.45) is 0. The number of nitrogens with zero attached hydrogens (tertiary/aromatic N) is 2. The van der Waals surface area contributed by atoms with Crippen LogP contribution in [-0.4, -0.2) is 43.7 Å². The van der Waals surface area contributed by atoms with Crippen molar-refractivity contribution < 1.29 is 5.11 Å². The van der Waals surface area contributed by atoms with Gasteiger partial charge >= 0.3 is 0 Å². The third-order valence-corrected chi connectivity index (χ3v) is 3.24. The summed E-state index contributed by atoms with van der Waals surface area (Å²) in [6, 6.07) is 5.79. The molecule has 0 saturated carbocycles. The predicted molar refractivity (Wildman–Crippen MR) is 83.0 cm³/mol. The summed E-state index contributed by atoms with van der Waals surface area (Å²) < 4.78 is 0. The number of aliphatic hydroxyl groups excluding tert-OH is 1. The second-order valence-electron chi connectivity index (χ2n) is 5.59. The van der Waals surface area contributed by atoms with Crippen molar-refractivity contribution in [1.29, 1.82) is 0 Å². The molecule has 0 unspecified atom stereocenters. The van der Waals surface area contributed by atoms with E-state index in [4.69, 9.17) is 16.7 Å². The Bertz CT molecular complexity index is 394. The maximum Gasteiger partial charge on any atom is 0.0682 e. The zero-order chi connectivity index (χ0) is 14.4. The van der Waals surface area contributed by atoms with Gasteiger partial charge in [0.1, 0.15) is 0 Å². The highest BCUT2D eigenvalue weighted by molar-refractivity contribution is 6.33. The Morgan fingerprint density at radius 3 is 2.37 bits per heavy atom. The van der Waals surface area contributed by atoms with Crippen LogP contribution in [0.3, 0.4) is 0 Å². The number of hydrogen-bond donors (Lipinski definition) is 1. The maximum atomic E-state index is 9.13. The first kappa shape index (κ1) is 16.3. The van der Waals surface area contributed by atoms with E-state index < -0.39 is 0 Å². The van der Waals surface area contributed by atoms with E-state index in [-0.39, 0.29) is 6.61 Å². The first-order valence-electron chi connectivity index (χ1n) is 6.73. The van der Waals surface area contributed by atoms with Gasteiger partial charge in [0.15, 0.2) is 0 Å². The lowest BCUT2D eigenvalue weighted by atomic mass is 10.1. The molecule has 0 spiro atoms. The van der Waals surface area contributed by atoms with E-state index in [0.717, 1.165) is 30.9 Å². The molecule has 0 atom stereocenters. The van der Waals surface area contributed by atoms with E-state index >= 15 is 0 Å². The van der Waals surface area contributed by atoms with Gasteiger partial charge < -0.3 is 14.9 Å². The number of benzene rings is 1. The fourth-order valence-electron chi connectivity index (χ4n) is 1.98. The minimum absolute atomic E-state index is 0.0296. The van der Waals surface area contributed by atoms with Crippen molar-refractivity contribution in [3.8, 4) is 0 Å². The summed E-state index contributed by atoms with van der Waals surface area (Å²) in [6.45, 7) is 7.36. The molecule has 0 heterocycles. The largest absolute Gasteiger partial charge is 0.392 e. The number of hydrogen-bond acceptors (Lipinski definition) is 3. The van der Waals surface area contributed by atoms with Crippen molar-refractivity contribution in [2.45, 2.75) is 20.5 Å². The van der Waals surface area contributed by atoms with E-state index in [1.807, 2.05) is 18.2 Å². The van der Waals surface area contributed by atoms with Crippen molar-refractivity contribution in [3.05, 3.63) is 28.8 Å². The summed E-state index contributed by atoms with van der Waals surface area (Å²) >= 11 is 6.34. The number of likely N-dealkylation sites (N-methyl/N-ethyl adjacent to an activating group) is 1. The number of rotatable bonds is 7. The molecular formula is C15H25ClN2O. The van der Waals surface area contributed by atoms with E-state index in [0.29, 0.717) is 10.9 Å². The normalized spacial score (nSPS) is 11.4. The van der Waals surface area contributed by atoms with E-state index in [1.165, 1.54) is 0 Å². The van der Waals surface area contributed by atoms with Crippen molar-refractivity contribution >= 4 is 17.3 Å². The average molecular weight is 285 g/mol. The molecule has 0 aliphatic rings. The van der Waals surface area contributed by atoms with Crippen LogP contribution in [0.4, 0.5) is 5.69 Å². The molecule has 1 rings (SSSR count). The van der Waals surface area contributed by atoms with Crippen LogP contribution in [0.15, 0.2) is 18.2 Å². The second-order valence-corrected chi connectivity index (χ2v) is 5.99. The van der Waals surface area contributed by atoms with Gasteiger partial charge in [0.2, 0.25) is 0 Å². The summed E-state index contributed by atoms with van der Waals surface area (Å²) in [4.78, 5) is 4.48. The Morgan fingerprint density at radius 1 is 1.21 bits per heavy atom. The smallest absolute Gasteiger partial charge is 0.0682 e.